The molecule has 32 heavy (non-hydrogen) atoms. The van der Waals surface area contributed by atoms with Crippen LogP contribution in [0.15, 0.2) is 47.8 Å². The maximum Gasteiger partial charge on any atom is 0.257 e. The molecule has 1 aliphatic rings. The summed E-state index contributed by atoms with van der Waals surface area (Å²) in [6.45, 7) is 6.06. The number of hydrogen-bond acceptors (Lipinski definition) is 6. The lowest BCUT2D eigenvalue weighted by Crippen LogP contribution is -2.24. The number of carbonyl (C=O) groups excluding carboxylic acids is 2. The number of benzene rings is 2. The van der Waals surface area contributed by atoms with Crippen molar-refractivity contribution in [1.29, 1.82) is 0 Å². The zero-order valence-corrected chi connectivity index (χ0v) is 19.3. The number of nitrogens with zero attached hydrogens (tertiary/aromatic N) is 1. The van der Waals surface area contributed by atoms with Gasteiger partial charge in [-0.3, -0.25) is 9.59 Å². The first-order valence-corrected chi connectivity index (χ1v) is 10.8. The summed E-state index contributed by atoms with van der Waals surface area (Å²) in [7, 11) is 3.23. The molecule has 7 nitrogen and oxygen atoms in total. The number of ketones is 1. The van der Waals surface area contributed by atoms with Gasteiger partial charge in [0.1, 0.15) is 11.4 Å². The van der Waals surface area contributed by atoms with Crippen molar-refractivity contribution in [2.24, 2.45) is 0 Å². The monoisotopic (exact) mass is 437 g/mol. The van der Waals surface area contributed by atoms with E-state index in [0.29, 0.717) is 23.7 Å². The average molecular weight is 438 g/mol. The standard InChI is InChI=1S/C25H31N3O4/c1-6-20(18-11-10-17-12-13-32-22(17)14-18)26-15(2)23(16(3)29)27-21-9-7-8-19(24(21)30)25(31)28(4)5/h7-11,14,20,26-27,30H,6,12-13H2,1-5H3/b23-15-. The fourth-order valence-electron chi connectivity index (χ4n) is 3.79. The molecule has 3 rings (SSSR count). The lowest BCUT2D eigenvalue weighted by Gasteiger charge is -2.22. The number of ether oxygens (including phenoxy) is 1. The van der Waals surface area contributed by atoms with E-state index < -0.39 is 0 Å². The maximum absolute atomic E-state index is 12.5. The highest BCUT2D eigenvalue weighted by Crippen LogP contribution is 2.32. The first-order chi connectivity index (χ1) is 15.2. The highest BCUT2D eigenvalue weighted by Gasteiger charge is 2.20. The van der Waals surface area contributed by atoms with Crippen LogP contribution in [0.2, 0.25) is 0 Å². The summed E-state index contributed by atoms with van der Waals surface area (Å²) in [5, 5.41) is 17.1. The van der Waals surface area contributed by atoms with E-state index in [0.717, 1.165) is 24.2 Å². The Kier molecular flexibility index (Phi) is 7.08. The van der Waals surface area contributed by atoms with Gasteiger partial charge in [-0.15, -0.1) is 0 Å². The smallest absolute Gasteiger partial charge is 0.257 e. The Labute approximate surface area is 189 Å². The molecule has 170 valence electrons. The number of hydrogen-bond donors (Lipinski definition) is 3. The molecule has 3 N–H and O–H groups in total. The maximum atomic E-state index is 12.5. The van der Waals surface area contributed by atoms with Gasteiger partial charge in [0.2, 0.25) is 0 Å². The van der Waals surface area contributed by atoms with E-state index in [-0.39, 0.29) is 29.0 Å². The van der Waals surface area contributed by atoms with E-state index in [2.05, 4.69) is 35.8 Å². The van der Waals surface area contributed by atoms with Crippen molar-refractivity contribution in [2.75, 3.05) is 26.0 Å². The number of fused-ring (bicyclic) bond motifs is 1. The van der Waals surface area contributed by atoms with Crippen molar-refractivity contribution >= 4 is 17.4 Å². The molecule has 0 radical (unpaired) electrons. The molecule has 7 heteroatoms. The summed E-state index contributed by atoms with van der Waals surface area (Å²) in [6, 6.07) is 11.1. The summed E-state index contributed by atoms with van der Waals surface area (Å²) < 4.78 is 5.70. The van der Waals surface area contributed by atoms with Gasteiger partial charge in [-0.1, -0.05) is 25.1 Å². The van der Waals surface area contributed by atoms with E-state index >= 15 is 0 Å². The first-order valence-electron chi connectivity index (χ1n) is 10.8. The molecule has 1 aliphatic heterocycles. The number of para-hydroxylation sites is 1. The number of carbonyl (C=O) groups is 2. The fourth-order valence-corrected chi connectivity index (χ4v) is 3.79. The van der Waals surface area contributed by atoms with E-state index in [9.17, 15) is 14.7 Å². The van der Waals surface area contributed by atoms with Crippen LogP contribution in [0.5, 0.6) is 11.5 Å². The second-order valence-corrected chi connectivity index (χ2v) is 8.15. The highest BCUT2D eigenvalue weighted by atomic mass is 16.5. The van der Waals surface area contributed by atoms with Gasteiger partial charge in [0.15, 0.2) is 11.5 Å². The van der Waals surface area contributed by atoms with Gasteiger partial charge >= 0.3 is 0 Å². The zero-order valence-electron chi connectivity index (χ0n) is 19.3. The third-order valence-electron chi connectivity index (χ3n) is 5.58. The molecule has 1 atom stereocenters. The van der Waals surface area contributed by atoms with Crippen LogP contribution >= 0.6 is 0 Å². The summed E-state index contributed by atoms with van der Waals surface area (Å²) in [4.78, 5) is 26.2. The third-order valence-corrected chi connectivity index (χ3v) is 5.58. The van der Waals surface area contributed by atoms with Gasteiger partial charge < -0.3 is 25.4 Å². The minimum Gasteiger partial charge on any atom is -0.505 e. The molecule has 2 aromatic carbocycles. The van der Waals surface area contributed by atoms with Crippen molar-refractivity contribution < 1.29 is 19.4 Å². The molecule has 1 heterocycles. The highest BCUT2D eigenvalue weighted by molar-refractivity contribution is 6.00. The Morgan fingerprint density at radius 1 is 1.19 bits per heavy atom. The molecular weight excluding hydrogens is 406 g/mol. The van der Waals surface area contributed by atoms with Gasteiger partial charge in [0.05, 0.1) is 23.9 Å². The van der Waals surface area contributed by atoms with Crippen LogP contribution in [-0.2, 0) is 11.2 Å². The normalized spacial score (nSPS) is 14.0. The van der Waals surface area contributed by atoms with Crippen molar-refractivity contribution in [3.05, 3.63) is 64.5 Å². The van der Waals surface area contributed by atoms with Crippen LogP contribution < -0.4 is 15.4 Å². The zero-order chi connectivity index (χ0) is 23.4. The van der Waals surface area contributed by atoms with Crippen LogP contribution in [0.4, 0.5) is 5.69 Å². The largest absolute Gasteiger partial charge is 0.505 e. The van der Waals surface area contributed by atoms with Gasteiger partial charge in [-0.05, 0) is 42.7 Å². The van der Waals surface area contributed by atoms with Gasteiger partial charge in [0.25, 0.3) is 5.91 Å². The van der Waals surface area contributed by atoms with Crippen LogP contribution in [0.1, 0.15) is 54.7 Å². The Hall–Kier alpha value is -3.48. The number of allylic oxidation sites excluding steroid dienone is 2. The van der Waals surface area contributed by atoms with Crippen molar-refractivity contribution in [3.8, 4) is 11.5 Å². The lowest BCUT2D eigenvalue weighted by molar-refractivity contribution is -0.113. The Morgan fingerprint density at radius 3 is 2.59 bits per heavy atom. The molecule has 0 saturated carbocycles. The molecule has 0 bridgehead atoms. The number of anilines is 1. The fraction of sp³-hybridized carbons (Fsp3) is 0.360. The number of Topliss-reactive ketones (excluding diaryl/α,β-unsaturated/α-hetero) is 1. The van der Waals surface area contributed by atoms with Gasteiger partial charge in [-0.25, -0.2) is 0 Å². The molecule has 0 spiro atoms. The topological polar surface area (TPSA) is 90.9 Å². The number of nitrogens with one attached hydrogen (secondary N) is 2. The number of phenols is 1. The second-order valence-electron chi connectivity index (χ2n) is 8.15. The van der Waals surface area contributed by atoms with Crippen LogP contribution in [0.3, 0.4) is 0 Å². The van der Waals surface area contributed by atoms with Crippen LogP contribution in [0.25, 0.3) is 0 Å². The number of phenolic OH excluding ortho intramolecular Hbond substituents is 1. The van der Waals surface area contributed by atoms with Gasteiger partial charge in [0, 0.05) is 33.1 Å². The molecule has 0 saturated heterocycles. The predicted molar refractivity (Wildman–Crippen MR) is 125 cm³/mol. The minimum atomic E-state index is -0.320. The quantitative estimate of drug-likeness (QED) is 0.427. The second kappa shape index (κ2) is 9.77. The molecule has 1 unspecified atom stereocenters. The molecular formula is C25H31N3O4. The molecule has 2 aromatic rings. The van der Waals surface area contributed by atoms with Crippen molar-refractivity contribution in [2.45, 2.75) is 39.7 Å². The van der Waals surface area contributed by atoms with E-state index in [1.165, 1.54) is 17.4 Å². The SMILES string of the molecule is CCC(N/C(C)=C(\Nc1cccc(C(=O)N(C)C)c1O)C(C)=O)c1ccc2c(c1)OCC2. The molecule has 0 aliphatic carbocycles. The average Bonchev–Trinajstić information content (AvgIpc) is 3.23. The minimum absolute atomic E-state index is 0.0177. The number of aromatic hydroxyl groups is 1. The number of rotatable bonds is 8. The summed E-state index contributed by atoms with van der Waals surface area (Å²) >= 11 is 0. The Balaban J connectivity index is 1.88. The predicted octanol–water partition coefficient (Wildman–Crippen LogP) is 4.00. The Bertz CT molecular complexity index is 1060. The van der Waals surface area contributed by atoms with Gasteiger partial charge in [-0.2, -0.15) is 0 Å². The molecule has 0 fully saturated rings. The summed E-state index contributed by atoms with van der Waals surface area (Å²) in [5.41, 5.74) is 3.72. The van der Waals surface area contributed by atoms with Crippen molar-refractivity contribution in [1.82, 2.24) is 10.2 Å². The van der Waals surface area contributed by atoms with E-state index in [1.54, 1.807) is 32.3 Å². The molecule has 0 aromatic heterocycles. The molecule has 1 amide bonds. The van der Waals surface area contributed by atoms with Crippen LogP contribution in [0, 0.1) is 0 Å². The third kappa shape index (κ3) is 4.88. The Morgan fingerprint density at radius 2 is 1.94 bits per heavy atom. The van der Waals surface area contributed by atoms with Crippen molar-refractivity contribution in [3.63, 3.8) is 0 Å². The van der Waals surface area contributed by atoms with E-state index in [1.807, 2.05) is 6.92 Å². The van der Waals surface area contributed by atoms with Crippen LogP contribution in [-0.4, -0.2) is 42.4 Å². The summed E-state index contributed by atoms with van der Waals surface area (Å²) in [5.74, 6) is 0.215. The summed E-state index contributed by atoms with van der Waals surface area (Å²) in [6.07, 6.45) is 1.73. The lowest BCUT2D eigenvalue weighted by atomic mass is 10.0. The first kappa shape index (κ1) is 23.2. The van der Waals surface area contributed by atoms with E-state index in [4.69, 9.17) is 4.74 Å². The number of amides is 1.